The quantitative estimate of drug-likeness (QED) is 0.868. The Morgan fingerprint density at radius 3 is 2.05 bits per heavy atom. The van der Waals surface area contributed by atoms with E-state index in [1.165, 1.54) is 24.3 Å². The van der Waals surface area contributed by atoms with Gasteiger partial charge < -0.3 is 5.32 Å². The first kappa shape index (κ1) is 14.6. The molecular formula is C16H16F3N. The fourth-order valence-corrected chi connectivity index (χ4v) is 2.13. The summed E-state index contributed by atoms with van der Waals surface area (Å²) in [5.74, 6) is -2.02. The van der Waals surface area contributed by atoms with Gasteiger partial charge in [0.05, 0.1) is 0 Å². The summed E-state index contributed by atoms with van der Waals surface area (Å²) in [4.78, 5) is 0. The third-order valence-electron chi connectivity index (χ3n) is 3.29. The monoisotopic (exact) mass is 279 g/mol. The van der Waals surface area contributed by atoms with Crippen molar-refractivity contribution < 1.29 is 13.2 Å². The molecule has 20 heavy (non-hydrogen) atoms. The Morgan fingerprint density at radius 2 is 1.45 bits per heavy atom. The van der Waals surface area contributed by atoms with Gasteiger partial charge in [0, 0.05) is 12.1 Å². The highest BCUT2D eigenvalue weighted by Crippen LogP contribution is 2.21. The van der Waals surface area contributed by atoms with E-state index in [1.54, 1.807) is 6.07 Å². The van der Waals surface area contributed by atoms with E-state index in [0.717, 1.165) is 11.6 Å². The van der Waals surface area contributed by atoms with Crippen molar-refractivity contribution >= 4 is 0 Å². The van der Waals surface area contributed by atoms with Crippen LogP contribution in [-0.4, -0.2) is 0 Å². The van der Waals surface area contributed by atoms with Gasteiger partial charge in [-0.15, -0.1) is 0 Å². The molecule has 0 saturated heterocycles. The Morgan fingerprint density at radius 1 is 0.800 bits per heavy atom. The number of nitrogens with one attached hydrogen (secondary N) is 1. The summed E-state index contributed by atoms with van der Waals surface area (Å²) in [5, 5.41) is 3.23. The molecule has 2 aromatic rings. The Hall–Kier alpha value is -1.81. The maximum absolute atomic E-state index is 13.2. The van der Waals surface area contributed by atoms with Gasteiger partial charge >= 0.3 is 0 Å². The van der Waals surface area contributed by atoms with Crippen LogP contribution in [0.3, 0.4) is 0 Å². The van der Waals surface area contributed by atoms with E-state index < -0.39 is 11.6 Å². The molecule has 1 N–H and O–H groups in total. The number of hydrogen-bond acceptors (Lipinski definition) is 1. The molecule has 1 nitrogen and oxygen atoms in total. The molecule has 2 rings (SSSR count). The molecule has 0 spiro atoms. The summed E-state index contributed by atoms with van der Waals surface area (Å²) in [6.07, 6.45) is 0. The first-order valence-corrected chi connectivity index (χ1v) is 6.44. The van der Waals surface area contributed by atoms with Crippen molar-refractivity contribution in [2.75, 3.05) is 0 Å². The highest BCUT2D eigenvalue weighted by atomic mass is 19.2. The summed E-state index contributed by atoms with van der Waals surface area (Å²) < 4.78 is 39.3. The second-order valence-corrected chi connectivity index (χ2v) is 4.84. The topological polar surface area (TPSA) is 12.0 Å². The normalized spacial score (nSPS) is 14.1. The van der Waals surface area contributed by atoms with Gasteiger partial charge in [0.2, 0.25) is 0 Å². The van der Waals surface area contributed by atoms with Crippen LogP contribution in [0.15, 0.2) is 42.5 Å². The van der Waals surface area contributed by atoms with E-state index in [9.17, 15) is 13.2 Å². The van der Waals surface area contributed by atoms with Crippen molar-refractivity contribution in [2.24, 2.45) is 0 Å². The zero-order valence-electron chi connectivity index (χ0n) is 11.3. The fraction of sp³-hybridized carbons (Fsp3) is 0.250. The molecule has 0 radical (unpaired) electrons. The van der Waals surface area contributed by atoms with E-state index in [0.29, 0.717) is 5.56 Å². The molecule has 0 aliphatic heterocycles. The minimum atomic E-state index is -0.866. The van der Waals surface area contributed by atoms with Crippen molar-refractivity contribution in [3.63, 3.8) is 0 Å². The second kappa shape index (κ2) is 6.09. The number of halogens is 3. The standard InChI is InChI=1S/C16H16F3N/c1-10(12-4-3-5-14(17)8-12)20-11(2)13-6-7-15(18)16(19)9-13/h3-11,20H,1-2H3. The van der Waals surface area contributed by atoms with Crippen LogP contribution in [0, 0.1) is 17.5 Å². The van der Waals surface area contributed by atoms with Crippen LogP contribution in [0.1, 0.15) is 37.1 Å². The molecule has 106 valence electrons. The van der Waals surface area contributed by atoms with Crippen LogP contribution in [0.4, 0.5) is 13.2 Å². The van der Waals surface area contributed by atoms with Crippen LogP contribution in [0.5, 0.6) is 0 Å². The van der Waals surface area contributed by atoms with Crippen LogP contribution in [0.2, 0.25) is 0 Å². The average Bonchev–Trinajstić information content (AvgIpc) is 2.41. The largest absolute Gasteiger partial charge is 0.304 e. The van der Waals surface area contributed by atoms with Crippen molar-refractivity contribution in [2.45, 2.75) is 25.9 Å². The Bertz CT molecular complexity index is 598. The summed E-state index contributed by atoms with van der Waals surface area (Å²) in [6.45, 7) is 3.74. The Kier molecular flexibility index (Phi) is 4.45. The molecular weight excluding hydrogens is 263 g/mol. The van der Waals surface area contributed by atoms with E-state index in [2.05, 4.69) is 5.32 Å². The molecule has 0 saturated carbocycles. The van der Waals surface area contributed by atoms with Crippen LogP contribution in [0.25, 0.3) is 0 Å². The third-order valence-corrected chi connectivity index (χ3v) is 3.29. The number of benzene rings is 2. The maximum atomic E-state index is 13.2. The second-order valence-electron chi connectivity index (χ2n) is 4.84. The molecule has 0 heterocycles. The molecule has 0 aromatic heterocycles. The lowest BCUT2D eigenvalue weighted by Crippen LogP contribution is -2.22. The summed E-state index contributed by atoms with van der Waals surface area (Å²) in [6, 6.07) is 9.83. The lowest BCUT2D eigenvalue weighted by atomic mass is 10.0. The molecule has 4 heteroatoms. The first-order chi connectivity index (χ1) is 9.47. The van der Waals surface area contributed by atoms with E-state index >= 15 is 0 Å². The number of hydrogen-bond donors (Lipinski definition) is 1. The smallest absolute Gasteiger partial charge is 0.159 e. The maximum Gasteiger partial charge on any atom is 0.159 e. The molecule has 0 amide bonds. The van der Waals surface area contributed by atoms with Crippen LogP contribution < -0.4 is 5.32 Å². The molecule has 0 fully saturated rings. The van der Waals surface area contributed by atoms with Crippen molar-refractivity contribution in [1.29, 1.82) is 0 Å². The third kappa shape index (κ3) is 3.39. The van der Waals surface area contributed by atoms with Gasteiger partial charge in [0.15, 0.2) is 11.6 Å². The van der Waals surface area contributed by atoms with E-state index in [4.69, 9.17) is 0 Å². The van der Waals surface area contributed by atoms with Crippen molar-refractivity contribution in [3.05, 3.63) is 71.0 Å². The summed E-state index contributed by atoms with van der Waals surface area (Å²) in [7, 11) is 0. The van der Waals surface area contributed by atoms with Gasteiger partial charge in [-0.25, -0.2) is 13.2 Å². The highest BCUT2D eigenvalue weighted by molar-refractivity contribution is 5.23. The van der Waals surface area contributed by atoms with Gasteiger partial charge in [-0.05, 0) is 49.2 Å². The lowest BCUT2D eigenvalue weighted by molar-refractivity contribution is 0.478. The van der Waals surface area contributed by atoms with E-state index in [-0.39, 0.29) is 17.9 Å². The average molecular weight is 279 g/mol. The predicted molar refractivity (Wildman–Crippen MR) is 72.7 cm³/mol. The zero-order chi connectivity index (χ0) is 14.7. The lowest BCUT2D eigenvalue weighted by Gasteiger charge is -2.21. The van der Waals surface area contributed by atoms with Crippen LogP contribution in [-0.2, 0) is 0 Å². The first-order valence-electron chi connectivity index (χ1n) is 6.44. The molecule has 0 bridgehead atoms. The van der Waals surface area contributed by atoms with Crippen molar-refractivity contribution in [1.82, 2.24) is 5.32 Å². The van der Waals surface area contributed by atoms with Gasteiger partial charge in [0.25, 0.3) is 0 Å². The molecule has 0 aliphatic carbocycles. The molecule has 2 atom stereocenters. The Balaban J connectivity index is 2.10. The van der Waals surface area contributed by atoms with Gasteiger partial charge in [-0.3, -0.25) is 0 Å². The molecule has 2 aromatic carbocycles. The molecule has 2 unspecified atom stereocenters. The fourth-order valence-electron chi connectivity index (χ4n) is 2.13. The minimum Gasteiger partial charge on any atom is -0.304 e. The van der Waals surface area contributed by atoms with Gasteiger partial charge in [0.1, 0.15) is 5.82 Å². The van der Waals surface area contributed by atoms with Gasteiger partial charge in [-0.1, -0.05) is 18.2 Å². The summed E-state index contributed by atoms with van der Waals surface area (Å²) in [5.41, 5.74) is 1.45. The minimum absolute atomic E-state index is 0.103. The molecule has 0 aliphatic rings. The SMILES string of the molecule is CC(NC(C)c1ccc(F)c(F)c1)c1cccc(F)c1. The zero-order valence-corrected chi connectivity index (χ0v) is 11.3. The van der Waals surface area contributed by atoms with Crippen LogP contribution >= 0.6 is 0 Å². The van der Waals surface area contributed by atoms with E-state index in [1.807, 2.05) is 19.9 Å². The van der Waals surface area contributed by atoms with Crippen molar-refractivity contribution in [3.8, 4) is 0 Å². The highest BCUT2D eigenvalue weighted by Gasteiger charge is 2.13. The summed E-state index contributed by atoms with van der Waals surface area (Å²) >= 11 is 0. The Labute approximate surface area is 116 Å². The van der Waals surface area contributed by atoms with Gasteiger partial charge in [-0.2, -0.15) is 0 Å². The number of rotatable bonds is 4. The predicted octanol–water partition coefficient (Wildman–Crippen LogP) is 4.52.